The summed E-state index contributed by atoms with van der Waals surface area (Å²) in [6, 6.07) is 4.11. The molecule has 1 saturated carbocycles. The third-order valence-electron chi connectivity index (χ3n) is 4.71. The van der Waals surface area contributed by atoms with Crippen molar-refractivity contribution in [2.75, 3.05) is 22.8 Å². The van der Waals surface area contributed by atoms with Crippen molar-refractivity contribution in [1.82, 2.24) is 15.0 Å². The van der Waals surface area contributed by atoms with Gasteiger partial charge in [0, 0.05) is 24.7 Å². The first-order valence-corrected chi connectivity index (χ1v) is 12.7. The highest BCUT2D eigenvalue weighted by molar-refractivity contribution is 7.92. The van der Waals surface area contributed by atoms with Crippen LogP contribution in [-0.2, 0) is 10.0 Å². The minimum atomic E-state index is -3.64. The SMILES string of the molecule is CCCS(=O)(=O)Nc1cc(F)cc(-c2nc(C3CC3)sc2-c2ccnc(NC)n2)c1Cl. The normalized spacial score (nSPS) is 13.9. The number of benzene rings is 1. The van der Waals surface area contributed by atoms with E-state index in [1.807, 2.05) is 0 Å². The molecule has 0 unspecified atom stereocenters. The molecule has 2 heterocycles. The van der Waals surface area contributed by atoms with Gasteiger partial charge in [0.25, 0.3) is 0 Å². The van der Waals surface area contributed by atoms with E-state index in [2.05, 4.69) is 20.0 Å². The Bertz CT molecular complexity index is 1230. The number of rotatable bonds is 8. The monoisotopic (exact) mass is 481 g/mol. The number of anilines is 2. The smallest absolute Gasteiger partial charge is 0.232 e. The van der Waals surface area contributed by atoms with Crippen molar-refractivity contribution in [3.05, 3.63) is 40.2 Å². The Morgan fingerprint density at radius 2 is 2.06 bits per heavy atom. The molecule has 4 rings (SSSR count). The van der Waals surface area contributed by atoms with Gasteiger partial charge in [-0.15, -0.1) is 11.3 Å². The molecule has 2 N–H and O–H groups in total. The van der Waals surface area contributed by atoms with Crippen LogP contribution in [0.2, 0.25) is 5.02 Å². The zero-order chi connectivity index (χ0) is 22.2. The van der Waals surface area contributed by atoms with Gasteiger partial charge in [0.1, 0.15) is 5.82 Å². The number of hydrogen-bond donors (Lipinski definition) is 2. The molecule has 11 heteroatoms. The first-order valence-electron chi connectivity index (χ1n) is 9.83. The van der Waals surface area contributed by atoms with Crippen molar-refractivity contribution in [2.45, 2.75) is 32.1 Å². The maximum absolute atomic E-state index is 14.5. The van der Waals surface area contributed by atoms with Gasteiger partial charge < -0.3 is 5.32 Å². The molecule has 2 aromatic heterocycles. The van der Waals surface area contributed by atoms with E-state index in [0.29, 0.717) is 35.2 Å². The van der Waals surface area contributed by atoms with Crippen LogP contribution < -0.4 is 10.0 Å². The van der Waals surface area contributed by atoms with Crippen molar-refractivity contribution in [3.63, 3.8) is 0 Å². The number of nitrogens with one attached hydrogen (secondary N) is 2. The highest BCUT2D eigenvalue weighted by atomic mass is 35.5. The molecule has 0 atom stereocenters. The van der Waals surface area contributed by atoms with Gasteiger partial charge in [0.2, 0.25) is 16.0 Å². The van der Waals surface area contributed by atoms with E-state index in [4.69, 9.17) is 16.6 Å². The fraction of sp³-hybridized carbons (Fsp3) is 0.350. The van der Waals surface area contributed by atoms with Crippen LogP contribution in [0.4, 0.5) is 16.0 Å². The van der Waals surface area contributed by atoms with Crippen molar-refractivity contribution in [2.24, 2.45) is 0 Å². The molecular weight excluding hydrogens is 461 g/mol. The molecule has 1 fully saturated rings. The van der Waals surface area contributed by atoms with Crippen LogP contribution in [0, 0.1) is 5.82 Å². The van der Waals surface area contributed by atoms with E-state index in [-0.39, 0.29) is 16.5 Å². The van der Waals surface area contributed by atoms with E-state index >= 15 is 0 Å². The summed E-state index contributed by atoms with van der Waals surface area (Å²) in [5, 5.41) is 3.93. The highest BCUT2D eigenvalue weighted by Gasteiger charge is 2.30. The molecule has 1 aromatic carbocycles. The minimum Gasteiger partial charge on any atom is -0.357 e. The Hall–Kier alpha value is -2.30. The van der Waals surface area contributed by atoms with E-state index in [9.17, 15) is 12.8 Å². The second kappa shape index (κ2) is 8.68. The van der Waals surface area contributed by atoms with E-state index in [1.165, 1.54) is 17.4 Å². The molecule has 1 aliphatic rings. The van der Waals surface area contributed by atoms with Gasteiger partial charge in [-0.1, -0.05) is 18.5 Å². The van der Waals surface area contributed by atoms with Gasteiger partial charge in [-0.25, -0.2) is 27.8 Å². The summed E-state index contributed by atoms with van der Waals surface area (Å²) < 4.78 is 41.4. The Labute approximate surface area is 189 Å². The largest absolute Gasteiger partial charge is 0.357 e. The van der Waals surface area contributed by atoms with Crippen LogP contribution in [-0.4, -0.2) is 36.2 Å². The van der Waals surface area contributed by atoms with Crippen molar-refractivity contribution < 1.29 is 12.8 Å². The fourth-order valence-electron chi connectivity index (χ4n) is 3.13. The summed E-state index contributed by atoms with van der Waals surface area (Å²) in [6.45, 7) is 1.75. The molecule has 0 amide bonds. The van der Waals surface area contributed by atoms with Crippen LogP contribution >= 0.6 is 22.9 Å². The first-order chi connectivity index (χ1) is 14.8. The summed E-state index contributed by atoms with van der Waals surface area (Å²) in [5.74, 6) is 0.122. The molecule has 7 nitrogen and oxygen atoms in total. The Morgan fingerprint density at radius 3 is 2.74 bits per heavy atom. The van der Waals surface area contributed by atoms with Crippen LogP contribution in [0.5, 0.6) is 0 Å². The maximum Gasteiger partial charge on any atom is 0.232 e. The molecule has 0 bridgehead atoms. The molecule has 0 aliphatic heterocycles. The summed E-state index contributed by atoms with van der Waals surface area (Å²) >= 11 is 8.06. The summed E-state index contributed by atoms with van der Waals surface area (Å²) in [5.41, 5.74) is 1.43. The highest BCUT2D eigenvalue weighted by Crippen LogP contribution is 2.48. The zero-order valence-corrected chi connectivity index (χ0v) is 19.3. The lowest BCUT2D eigenvalue weighted by molar-refractivity contribution is 0.599. The summed E-state index contributed by atoms with van der Waals surface area (Å²) in [7, 11) is -1.92. The number of hydrogen-bond acceptors (Lipinski definition) is 7. The van der Waals surface area contributed by atoms with Crippen LogP contribution in [0.3, 0.4) is 0 Å². The average Bonchev–Trinajstić information content (AvgIpc) is 3.49. The topological polar surface area (TPSA) is 96.9 Å². The lowest BCUT2D eigenvalue weighted by Gasteiger charge is -2.13. The lowest BCUT2D eigenvalue weighted by Crippen LogP contribution is -2.16. The zero-order valence-electron chi connectivity index (χ0n) is 16.9. The number of nitrogens with zero attached hydrogens (tertiary/aromatic N) is 3. The summed E-state index contributed by atoms with van der Waals surface area (Å²) in [4.78, 5) is 14.1. The van der Waals surface area contributed by atoms with Crippen molar-refractivity contribution in [1.29, 1.82) is 0 Å². The summed E-state index contributed by atoms with van der Waals surface area (Å²) in [6.07, 6.45) is 4.16. The van der Waals surface area contributed by atoms with Crippen LogP contribution in [0.15, 0.2) is 24.4 Å². The average molecular weight is 482 g/mol. The van der Waals surface area contributed by atoms with Crippen molar-refractivity contribution >= 4 is 44.6 Å². The second-order valence-corrected chi connectivity index (χ2v) is 10.5. The lowest BCUT2D eigenvalue weighted by atomic mass is 10.1. The Morgan fingerprint density at radius 1 is 1.29 bits per heavy atom. The fourth-order valence-corrected chi connectivity index (χ4v) is 5.78. The standard InChI is InChI=1S/C20H21ClFN5O2S2/c1-3-8-31(28,29)27-15-10-12(22)9-13(16(15)21)17-18(30-19(26-17)11-4-5-11)14-6-7-24-20(23-2)25-14/h6-7,9-11,27H,3-5,8H2,1-2H3,(H,23,24,25). The quantitative estimate of drug-likeness (QED) is 0.463. The third kappa shape index (κ3) is 4.81. The maximum atomic E-state index is 14.5. The minimum absolute atomic E-state index is 0.00404. The molecule has 1 aliphatic carbocycles. The molecule has 31 heavy (non-hydrogen) atoms. The second-order valence-electron chi connectivity index (χ2n) is 7.26. The van der Waals surface area contributed by atoms with Gasteiger partial charge in [0.05, 0.1) is 37.7 Å². The number of halogens is 2. The van der Waals surface area contributed by atoms with Gasteiger partial charge in [0.15, 0.2) is 0 Å². The third-order valence-corrected chi connectivity index (χ3v) is 7.84. The number of aromatic nitrogens is 3. The van der Waals surface area contributed by atoms with Crippen molar-refractivity contribution in [3.8, 4) is 21.8 Å². The van der Waals surface area contributed by atoms with Gasteiger partial charge in [-0.05, 0) is 37.5 Å². The van der Waals surface area contributed by atoms with E-state index < -0.39 is 15.8 Å². The molecule has 164 valence electrons. The predicted octanol–water partition coefficient (Wildman–Crippen LogP) is 5.13. The molecule has 3 aromatic rings. The van der Waals surface area contributed by atoms with Crippen LogP contribution in [0.1, 0.15) is 37.1 Å². The molecular formula is C20H21ClFN5O2S2. The van der Waals surface area contributed by atoms with Crippen LogP contribution in [0.25, 0.3) is 21.8 Å². The number of thiazole rings is 1. The molecule has 0 spiro atoms. The predicted molar refractivity (Wildman–Crippen MR) is 123 cm³/mol. The van der Waals surface area contributed by atoms with Gasteiger partial charge in [-0.2, -0.15) is 0 Å². The van der Waals surface area contributed by atoms with Gasteiger partial charge >= 0.3 is 0 Å². The van der Waals surface area contributed by atoms with Gasteiger partial charge in [-0.3, -0.25) is 4.72 Å². The number of sulfonamides is 1. The molecule has 0 radical (unpaired) electrons. The molecule has 0 saturated heterocycles. The van der Waals surface area contributed by atoms with E-state index in [0.717, 1.165) is 28.8 Å². The Balaban J connectivity index is 1.86. The Kier molecular flexibility index (Phi) is 6.14. The first kappa shape index (κ1) is 21.9. The van der Waals surface area contributed by atoms with E-state index in [1.54, 1.807) is 26.2 Å².